The van der Waals surface area contributed by atoms with Gasteiger partial charge in [-0.05, 0) is 28.1 Å². The highest BCUT2D eigenvalue weighted by atomic mass is 79.9. The molecule has 2 rings (SSSR count). The molecule has 1 atom stereocenters. The Labute approximate surface area is 124 Å². The van der Waals surface area contributed by atoms with Crippen LogP contribution in [-0.2, 0) is 11.3 Å². The van der Waals surface area contributed by atoms with E-state index in [2.05, 4.69) is 26.0 Å². The number of aliphatic hydroxyl groups is 1. The number of aromatic nitrogens is 3. The molecular weight excluding hydrogens is 334 g/mol. The van der Waals surface area contributed by atoms with Gasteiger partial charge >= 0.3 is 0 Å². The first-order valence-electron chi connectivity index (χ1n) is 5.63. The Balaban J connectivity index is 2.35. The van der Waals surface area contributed by atoms with Crippen molar-refractivity contribution in [2.24, 2.45) is 0 Å². The maximum absolute atomic E-state index is 10.4. The molecule has 0 aliphatic heterocycles. The van der Waals surface area contributed by atoms with Crippen molar-refractivity contribution in [3.63, 3.8) is 0 Å². The number of rotatable bonds is 5. The molecule has 0 radical (unpaired) electrons. The number of hydrogen-bond donors (Lipinski definition) is 1. The first kappa shape index (κ1) is 14.5. The van der Waals surface area contributed by atoms with Gasteiger partial charge in [0, 0.05) is 13.3 Å². The molecule has 0 aliphatic carbocycles. The standard InChI is InChI=1S/C12H13BrClN3O2/c1-19-6-5-17-11(8(13)7-16-17)12(18)10-9(14)3-2-4-15-10/h2-4,7,12,18H,5-6H2,1H3. The second-order valence-corrected chi connectivity index (χ2v) is 5.13. The van der Waals surface area contributed by atoms with Crippen molar-refractivity contribution in [3.8, 4) is 0 Å². The first-order valence-corrected chi connectivity index (χ1v) is 6.81. The third kappa shape index (κ3) is 3.14. The van der Waals surface area contributed by atoms with Gasteiger partial charge in [0.2, 0.25) is 0 Å². The van der Waals surface area contributed by atoms with E-state index in [-0.39, 0.29) is 0 Å². The van der Waals surface area contributed by atoms with Crippen LogP contribution in [0.15, 0.2) is 29.0 Å². The van der Waals surface area contributed by atoms with Gasteiger partial charge in [0.25, 0.3) is 0 Å². The van der Waals surface area contributed by atoms with Crippen molar-refractivity contribution < 1.29 is 9.84 Å². The molecule has 2 heterocycles. The molecule has 0 bridgehead atoms. The van der Waals surface area contributed by atoms with Crippen LogP contribution in [-0.4, -0.2) is 33.6 Å². The summed E-state index contributed by atoms with van der Waals surface area (Å²) >= 11 is 9.43. The lowest BCUT2D eigenvalue weighted by Crippen LogP contribution is -2.14. The normalized spacial score (nSPS) is 12.6. The molecule has 1 N–H and O–H groups in total. The van der Waals surface area contributed by atoms with E-state index in [0.29, 0.717) is 34.0 Å². The van der Waals surface area contributed by atoms with Crippen LogP contribution in [0.3, 0.4) is 0 Å². The van der Waals surface area contributed by atoms with Gasteiger partial charge in [-0.25, -0.2) is 0 Å². The summed E-state index contributed by atoms with van der Waals surface area (Å²) in [6.07, 6.45) is 2.28. The number of aliphatic hydroxyl groups excluding tert-OH is 1. The maximum Gasteiger partial charge on any atom is 0.140 e. The molecule has 0 fully saturated rings. The number of pyridine rings is 1. The Morgan fingerprint density at radius 3 is 3.05 bits per heavy atom. The summed E-state index contributed by atoms with van der Waals surface area (Å²) in [4.78, 5) is 4.12. The largest absolute Gasteiger partial charge is 0.383 e. The Bertz CT molecular complexity index is 562. The summed E-state index contributed by atoms with van der Waals surface area (Å²) in [6, 6.07) is 3.41. The predicted molar refractivity (Wildman–Crippen MR) is 75.1 cm³/mol. The third-order valence-electron chi connectivity index (χ3n) is 2.65. The molecule has 7 heteroatoms. The molecule has 0 amide bonds. The molecule has 5 nitrogen and oxygen atoms in total. The molecule has 1 unspecified atom stereocenters. The fraction of sp³-hybridized carbons (Fsp3) is 0.333. The molecule has 0 spiro atoms. The number of ether oxygens (including phenoxy) is 1. The van der Waals surface area contributed by atoms with E-state index in [0.717, 1.165) is 0 Å². The van der Waals surface area contributed by atoms with Crippen LogP contribution in [0.25, 0.3) is 0 Å². The van der Waals surface area contributed by atoms with Crippen LogP contribution < -0.4 is 0 Å². The van der Waals surface area contributed by atoms with Crippen LogP contribution in [0.4, 0.5) is 0 Å². The lowest BCUT2D eigenvalue weighted by atomic mass is 10.1. The average Bonchev–Trinajstić information content (AvgIpc) is 2.77. The van der Waals surface area contributed by atoms with Gasteiger partial charge in [-0.1, -0.05) is 11.6 Å². The van der Waals surface area contributed by atoms with Gasteiger partial charge in [0.15, 0.2) is 0 Å². The zero-order valence-corrected chi connectivity index (χ0v) is 12.6. The predicted octanol–water partition coefficient (Wildman–Crippen LogP) is 2.42. The van der Waals surface area contributed by atoms with E-state index < -0.39 is 6.10 Å². The molecular formula is C12H13BrClN3O2. The van der Waals surface area contributed by atoms with Crippen molar-refractivity contribution >= 4 is 27.5 Å². The highest BCUT2D eigenvalue weighted by molar-refractivity contribution is 9.10. The van der Waals surface area contributed by atoms with Crippen molar-refractivity contribution in [1.29, 1.82) is 0 Å². The van der Waals surface area contributed by atoms with Crippen molar-refractivity contribution in [2.45, 2.75) is 12.6 Å². The van der Waals surface area contributed by atoms with Crippen LogP contribution >= 0.6 is 27.5 Å². The van der Waals surface area contributed by atoms with Gasteiger partial charge in [-0.15, -0.1) is 0 Å². The zero-order valence-electron chi connectivity index (χ0n) is 10.3. The Kier molecular flexibility index (Phi) is 4.93. The second-order valence-electron chi connectivity index (χ2n) is 3.87. The molecule has 0 saturated carbocycles. The van der Waals surface area contributed by atoms with E-state index in [4.69, 9.17) is 16.3 Å². The quantitative estimate of drug-likeness (QED) is 0.903. The number of hydrogen-bond acceptors (Lipinski definition) is 4. The number of methoxy groups -OCH3 is 1. The summed E-state index contributed by atoms with van der Waals surface area (Å²) in [5.41, 5.74) is 1.02. The van der Waals surface area contributed by atoms with Crippen LogP contribution in [0.2, 0.25) is 5.02 Å². The molecule has 0 saturated heterocycles. The van der Waals surface area contributed by atoms with Crippen LogP contribution in [0.5, 0.6) is 0 Å². The fourth-order valence-electron chi connectivity index (χ4n) is 1.73. The molecule has 0 aromatic carbocycles. The van der Waals surface area contributed by atoms with E-state index in [1.165, 1.54) is 0 Å². The minimum absolute atomic E-state index is 0.407. The topological polar surface area (TPSA) is 60.2 Å². The maximum atomic E-state index is 10.4. The Hall–Kier alpha value is -0.950. The molecule has 0 aliphatic rings. The Morgan fingerprint density at radius 2 is 2.37 bits per heavy atom. The monoisotopic (exact) mass is 345 g/mol. The van der Waals surface area contributed by atoms with E-state index in [9.17, 15) is 5.11 Å². The molecule has 2 aromatic heterocycles. The number of nitrogens with zero attached hydrogens (tertiary/aromatic N) is 3. The van der Waals surface area contributed by atoms with Gasteiger partial charge in [0.05, 0.1) is 40.2 Å². The van der Waals surface area contributed by atoms with Crippen molar-refractivity contribution in [2.75, 3.05) is 13.7 Å². The van der Waals surface area contributed by atoms with Gasteiger partial charge in [0.1, 0.15) is 6.10 Å². The Morgan fingerprint density at radius 1 is 1.58 bits per heavy atom. The lowest BCUT2D eigenvalue weighted by molar-refractivity contribution is 0.170. The van der Waals surface area contributed by atoms with E-state index in [1.54, 1.807) is 36.3 Å². The van der Waals surface area contributed by atoms with Gasteiger partial charge in [-0.3, -0.25) is 9.67 Å². The highest BCUT2D eigenvalue weighted by Gasteiger charge is 2.22. The summed E-state index contributed by atoms with van der Waals surface area (Å²) in [5, 5.41) is 15.1. The third-order valence-corrected chi connectivity index (χ3v) is 3.58. The van der Waals surface area contributed by atoms with E-state index >= 15 is 0 Å². The minimum Gasteiger partial charge on any atom is -0.383 e. The SMILES string of the molecule is COCCn1ncc(Br)c1C(O)c1ncccc1Cl. The van der Waals surface area contributed by atoms with Crippen LogP contribution in [0, 0.1) is 0 Å². The summed E-state index contributed by atoms with van der Waals surface area (Å²) < 4.78 is 7.40. The summed E-state index contributed by atoms with van der Waals surface area (Å²) in [5.74, 6) is 0. The van der Waals surface area contributed by atoms with Crippen LogP contribution in [0.1, 0.15) is 17.5 Å². The zero-order chi connectivity index (χ0) is 13.8. The molecule has 102 valence electrons. The van der Waals surface area contributed by atoms with Crippen molar-refractivity contribution in [1.82, 2.24) is 14.8 Å². The average molecular weight is 347 g/mol. The smallest absolute Gasteiger partial charge is 0.140 e. The van der Waals surface area contributed by atoms with Gasteiger partial charge < -0.3 is 9.84 Å². The summed E-state index contributed by atoms with van der Waals surface area (Å²) in [6.45, 7) is 1.04. The van der Waals surface area contributed by atoms with Crippen molar-refractivity contribution in [3.05, 3.63) is 45.4 Å². The highest BCUT2D eigenvalue weighted by Crippen LogP contribution is 2.30. The second kappa shape index (κ2) is 6.47. The van der Waals surface area contributed by atoms with Gasteiger partial charge in [-0.2, -0.15) is 5.10 Å². The summed E-state index contributed by atoms with van der Waals surface area (Å²) in [7, 11) is 1.62. The molecule has 19 heavy (non-hydrogen) atoms. The fourth-order valence-corrected chi connectivity index (χ4v) is 2.47. The first-order chi connectivity index (χ1) is 9.15. The minimum atomic E-state index is -0.942. The molecule has 2 aromatic rings. The lowest BCUT2D eigenvalue weighted by Gasteiger charge is -2.14. The number of halogens is 2. The van der Waals surface area contributed by atoms with E-state index in [1.807, 2.05) is 0 Å².